The van der Waals surface area contributed by atoms with Gasteiger partial charge in [0.1, 0.15) is 0 Å². The third-order valence-electron chi connectivity index (χ3n) is 1.55. The number of hydrogen-bond donors (Lipinski definition) is 1. The summed E-state index contributed by atoms with van der Waals surface area (Å²) in [7, 11) is 1.92. The summed E-state index contributed by atoms with van der Waals surface area (Å²) >= 11 is 2.38. The lowest BCUT2D eigenvalue weighted by molar-refractivity contribution is 0.985. The van der Waals surface area contributed by atoms with Crippen LogP contribution in [0, 0.1) is 0 Å². The molecule has 0 aromatic heterocycles. The second kappa shape index (κ2) is 7.40. The van der Waals surface area contributed by atoms with Gasteiger partial charge in [0.25, 0.3) is 0 Å². The third-order valence-corrected chi connectivity index (χ3v) is 2.09. The Labute approximate surface area is 88.8 Å². The molecule has 2 heteroatoms. The predicted octanol–water partition coefficient (Wildman–Crippen LogP) is 3.05. The Hall–Kier alpha value is -0.250. The van der Waals surface area contributed by atoms with E-state index in [1.54, 1.807) is 0 Å². The van der Waals surface area contributed by atoms with Crippen molar-refractivity contribution in [1.82, 2.24) is 5.32 Å². The van der Waals surface area contributed by atoms with E-state index >= 15 is 0 Å². The molecule has 0 atom stereocenters. The van der Waals surface area contributed by atoms with Gasteiger partial charge in [-0.05, 0) is 25.0 Å². The lowest BCUT2D eigenvalue weighted by Gasteiger charge is -2.06. The van der Waals surface area contributed by atoms with Gasteiger partial charge in [0.15, 0.2) is 0 Å². The molecule has 0 aromatic rings. The molecule has 0 aliphatic carbocycles. The van der Waals surface area contributed by atoms with Crippen molar-refractivity contribution in [3.05, 3.63) is 36.1 Å². The van der Waals surface area contributed by atoms with E-state index in [0.29, 0.717) is 0 Å². The minimum atomic E-state index is 1.09. The molecule has 0 unspecified atom stereocenters. The maximum absolute atomic E-state index is 3.76. The number of halogens is 1. The molecule has 0 saturated heterocycles. The molecule has 0 radical (unpaired) electrons. The highest BCUT2D eigenvalue weighted by Gasteiger charge is 1.96. The van der Waals surface area contributed by atoms with Crippen molar-refractivity contribution >= 4 is 22.6 Å². The molecule has 12 heavy (non-hydrogen) atoms. The summed E-state index contributed by atoms with van der Waals surface area (Å²) in [6.45, 7) is 5.79. The van der Waals surface area contributed by atoms with Crippen LogP contribution in [0.15, 0.2) is 36.1 Å². The minimum absolute atomic E-state index is 1.09. The highest BCUT2D eigenvalue weighted by molar-refractivity contribution is 14.1. The zero-order valence-electron chi connectivity index (χ0n) is 7.73. The molecule has 0 fully saturated rings. The monoisotopic (exact) mass is 277 g/mol. The summed E-state index contributed by atoms with van der Waals surface area (Å²) in [5.74, 6) is 0. The Morgan fingerprint density at radius 1 is 1.58 bits per heavy atom. The van der Waals surface area contributed by atoms with Gasteiger partial charge in [-0.15, -0.1) is 0 Å². The second-order valence-electron chi connectivity index (χ2n) is 2.33. The lowest BCUT2D eigenvalue weighted by Crippen LogP contribution is -2.06. The average Bonchev–Trinajstić information content (AvgIpc) is 2.07. The number of nitrogens with one attached hydrogen (secondary N) is 1. The first-order valence-electron chi connectivity index (χ1n) is 4.02. The van der Waals surface area contributed by atoms with Crippen LogP contribution in [0.5, 0.6) is 0 Å². The van der Waals surface area contributed by atoms with Gasteiger partial charge in [0.2, 0.25) is 0 Å². The van der Waals surface area contributed by atoms with Gasteiger partial charge in [-0.2, -0.15) is 0 Å². The van der Waals surface area contributed by atoms with E-state index < -0.39 is 0 Å². The first-order valence-corrected chi connectivity index (χ1v) is 5.54. The maximum atomic E-state index is 3.76. The smallest absolute Gasteiger partial charge is 0.0364 e. The van der Waals surface area contributed by atoms with Crippen LogP contribution in [0.3, 0.4) is 0 Å². The van der Waals surface area contributed by atoms with Crippen LogP contribution in [0.1, 0.15) is 13.3 Å². The molecular formula is C10H16IN. The van der Waals surface area contributed by atoms with Gasteiger partial charge in [-0.3, -0.25) is 0 Å². The van der Waals surface area contributed by atoms with Crippen LogP contribution < -0.4 is 5.32 Å². The van der Waals surface area contributed by atoms with Gasteiger partial charge in [-0.1, -0.05) is 41.3 Å². The Morgan fingerprint density at radius 2 is 2.25 bits per heavy atom. The van der Waals surface area contributed by atoms with Crippen LogP contribution in [0.25, 0.3) is 0 Å². The molecule has 0 aliphatic heterocycles. The van der Waals surface area contributed by atoms with Gasteiger partial charge in [-0.25, -0.2) is 0 Å². The molecule has 0 aliphatic rings. The van der Waals surface area contributed by atoms with Crippen molar-refractivity contribution in [3.8, 4) is 0 Å². The summed E-state index contributed by atoms with van der Waals surface area (Å²) in [4.78, 5) is 0. The Kier molecular flexibility index (Phi) is 7.25. The topological polar surface area (TPSA) is 12.0 Å². The van der Waals surface area contributed by atoms with Gasteiger partial charge in [0.05, 0.1) is 0 Å². The van der Waals surface area contributed by atoms with E-state index in [9.17, 15) is 0 Å². The van der Waals surface area contributed by atoms with E-state index in [1.807, 2.05) is 20.0 Å². The zero-order valence-corrected chi connectivity index (χ0v) is 9.89. The number of hydrogen-bond acceptors (Lipinski definition) is 1. The largest absolute Gasteiger partial charge is 0.388 e. The highest BCUT2D eigenvalue weighted by Crippen LogP contribution is 2.11. The van der Waals surface area contributed by atoms with E-state index in [4.69, 9.17) is 0 Å². The fourth-order valence-corrected chi connectivity index (χ4v) is 1.59. The van der Waals surface area contributed by atoms with Crippen LogP contribution in [0.2, 0.25) is 0 Å². The molecule has 1 N–H and O–H groups in total. The SMILES string of the molecule is C=C/C(NC)=C(\C=C/C)CCI. The predicted molar refractivity (Wildman–Crippen MR) is 64.6 cm³/mol. The number of rotatable bonds is 5. The van der Waals surface area contributed by atoms with Crippen LogP contribution in [-0.4, -0.2) is 11.5 Å². The number of allylic oxidation sites excluding steroid dienone is 4. The van der Waals surface area contributed by atoms with Gasteiger partial charge < -0.3 is 5.32 Å². The molecule has 0 aromatic carbocycles. The molecule has 0 spiro atoms. The van der Waals surface area contributed by atoms with Crippen LogP contribution in [0.4, 0.5) is 0 Å². The minimum Gasteiger partial charge on any atom is -0.388 e. The normalized spacial score (nSPS) is 12.9. The summed E-state index contributed by atoms with van der Waals surface area (Å²) in [6, 6.07) is 0. The van der Waals surface area contributed by atoms with Crippen molar-refractivity contribution in [2.75, 3.05) is 11.5 Å². The standard InChI is InChI=1S/C10H16IN/c1-4-6-9(7-8-11)10(5-2)12-3/h4-6,12H,2,7-8H2,1,3H3/b6-4-,10-9-. The van der Waals surface area contributed by atoms with Crippen molar-refractivity contribution in [3.63, 3.8) is 0 Å². The second-order valence-corrected chi connectivity index (χ2v) is 3.41. The van der Waals surface area contributed by atoms with Crippen molar-refractivity contribution < 1.29 is 0 Å². The molecule has 1 nitrogen and oxygen atoms in total. The first-order chi connectivity index (χ1) is 5.79. The quantitative estimate of drug-likeness (QED) is 0.462. The van der Waals surface area contributed by atoms with E-state index in [2.05, 4.69) is 46.6 Å². The van der Waals surface area contributed by atoms with Crippen molar-refractivity contribution in [2.45, 2.75) is 13.3 Å². The number of alkyl halides is 1. The Morgan fingerprint density at radius 3 is 2.58 bits per heavy atom. The summed E-state index contributed by atoms with van der Waals surface area (Å²) in [6.07, 6.45) is 7.14. The van der Waals surface area contributed by atoms with Crippen molar-refractivity contribution in [2.24, 2.45) is 0 Å². The third kappa shape index (κ3) is 3.95. The zero-order chi connectivity index (χ0) is 9.40. The molecule has 68 valence electrons. The lowest BCUT2D eigenvalue weighted by atomic mass is 10.1. The summed E-state index contributed by atoms with van der Waals surface area (Å²) in [5.41, 5.74) is 2.45. The highest BCUT2D eigenvalue weighted by atomic mass is 127. The Bertz CT molecular complexity index is 192. The average molecular weight is 277 g/mol. The van der Waals surface area contributed by atoms with Crippen LogP contribution >= 0.6 is 22.6 Å². The van der Waals surface area contributed by atoms with Gasteiger partial charge >= 0.3 is 0 Å². The fraction of sp³-hybridized carbons (Fsp3) is 0.400. The Balaban J connectivity index is 4.61. The molecule has 0 bridgehead atoms. The molecule has 0 heterocycles. The van der Waals surface area contributed by atoms with E-state index in [1.165, 1.54) is 5.57 Å². The summed E-state index contributed by atoms with van der Waals surface area (Å²) in [5, 5.41) is 3.13. The van der Waals surface area contributed by atoms with Crippen LogP contribution in [-0.2, 0) is 0 Å². The number of likely N-dealkylation sites (N-methyl/N-ethyl adjacent to an activating group) is 1. The molecular weight excluding hydrogens is 261 g/mol. The molecule has 0 amide bonds. The first kappa shape index (κ1) is 11.8. The van der Waals surface area contributed by atoms with Gasteiger partial charge in [0, 0.05) is 17.2 Å². The molecule has 0 rings (SSSR count). The fourth-order valence-electron chi connectivity index (χ4n) is 1.00. The maximum Gasteiger partial charge on any atom is 0.0364 e. The van der Waals surface area contributed by atoms with E-state index in [0.717, 1.165) is 16.5 Å². The molecule has 0 saturated carbocycles. The summed E-state index contributed by atoms with van der Waals surface area (Å²) < 4.78 is 1.14. The van der Waals surface area contributed by atoms with Crippen molar-refractivity contribution in [1.29, 1.82) is 0 Å². The van der Waals surface area contributed by atoms with E-state index in [-0.39, 0.29) is 0 Å².